The fourth-order valence-electron chi connectivity index (χ4n) is 0.310. The molecule has 3 N–H and O–H groups in total. The number of thioether (sulfide) groups is 1. The van der Waals surface area contributed by atoms with Gasteiger partial charge in [0.2, 0.25) is 0 Å². The highest BCUT2D eigenvalue weighted by molar-refractivity contribution is 8.02. The lowest BCUT2D eigenvalue weighted by Crippen LogP contribution is -2.14. The van der Waals surface area contributed by atoms with E-state index in [2.05, 4.69) is 0 Å². The molecule has 0 aliphatic heterocycles. The number of nitrogens with zero attached hydrogens (tertiary/aromatic N) is 1. The number of aliphatic hydroxyl groups excluding tert-OH is 1. The fraction of sp³-hybridized carbons (Fsp3) is 0.200. The molecule has 0 aliphatic carbocycles. The minimum absolute atomic E-state index is 0.338. The van der Waals surface area contributed by atoms with E-state index >= 15 is 0 Å². The lowest BCUT2D eigenvalue weighted by molar-refractivity contribution is -0.114. The second-order valence-corrected chi connectivity index (χ2v) is 2.16. The molecular weight excluding hydrogens is 152 g/mol. The van der Waals surface area contributed by atoms with Crippen LogP contribution in [0.1, 0.15) is 0 Å². The molecule has 10 heavy (non-hydrogen) atoms. The molecule has 1 amide bonds. The second kappa shape index (κ2) is 3.80. The van der Waals surface area contributed by atoms with Crippen LogP contribution in [0, 0.1) is 11.3 Å². The first-order valence-electron chi connectivity index (χ1n) is 2.30. The molecule has 0 aliphatic rings. The Hall–Kier alpha value is -1.15. The molecule has 0 aromatic rings. The van der Waals surface area contributed by atoms with E-state index in [1.165, 1.54) is 12.3 Å². The zero-order valence-corrected chi connectivity index (χ0v) is 6.10. The predicted octanol–water partition coefficient (Wildman–Crippen LogP) is 0.128. The number of rotatable bonds is 2. The van der Waals surface area contributed by atoms with E-state index < -0.39 is 11.5 Å². The standard InChI is InChI=1S/C5H6N2O2S/c1-10-5(9)3(2-6)4(7)8/h9H,1H3,(H2,7,8). The first kappa shape index (κ1) is 8.85. The summed E-state index contributed by atoms with van der Waals surface area (Å²) < 4.78 is 0. The van der Waals surface area contributed by atoms with Crippen LogP contribution in [0.15, 0.2) is 10.7 Å². The molecular formula is C5H6N2O2S. The van der Waals surface area contributed by atoms with Crippen LogP contribution in [0.4, 0.5) is 0 Å². The Kier molecular flexibility index (Phi) is 3.36. The maximum atomic E-state index is 10.3. The smallest absolute Gasteiger partial charge is 0.263 e. The van der Waals surface area contributed by atoms with Gasteiger partial charge in [0.25, 0.3) is 5.91 Å². The summed E-state index contributed by atoms with van der Waals surface area (Å²) in [5, 5.41) is 16.7. The number of aliphatic hydroxyl groups is 1. The molecule has 0 heterocycles. The molecule has 5 heteroatoms. The highest BCUT2D eigenvalue weighted by Crippen LogP contribution is 2.11. The van der Waals surface area contributed by atoms with Crippen molar-refractivity contribution in [1.82, 2.24) is 0 Å². The average Bonchev–Trinajstić information content (AvgIpc) is 1.88. The number of amides is 1. The van der Waals surface area contributed by atoms with Crippen LogP contribution in [-0.2, 0) is 4.79 Å². The number of carbonyl (C=O) groups is 1. The van der Waals surface area contributed by atoms with Crippen molar-refractivity contribution in [2.24, 2.45) is 5.73 Å². The quantitative estimate of drug-likeness (QED) is 0.339. The molecule has 0 radical (unpaired) electrons. The Morgan fingerprint density at radius 1 is 1.80 bits per heavy atom. The monoisotopic (exact) mass is 158 g/mol. The van der Waals surface area contributed by atoms with E-state index in [-0.39, 0.29) is 5.09 Å². The van der Waals surface area contributed by atoms with E-state index in [1.807, 2.05) is 0 Å². The van der Waals surface area contributed by atoms with Crippen molar-refractivity contribution < 1.29 is 9.90 Å². The molecule has 54 valence electrons. The molecule has 0 spiro atoms. The Morgan fingerprint density at radius 2 is 2.30 bits per heavy atom. The van der Waals surface area contributed by atoms with Crippen molar-refractivity contribution in [2.75, 3.05) is 6.26 Å². The maximum absolute atomic E-state index is 10.3. The second-order valence-electron chi connectivity index (χ2n) is 1.36. The highest BCUT2D eigenvalue weighted by Gasteiger charge is 2.09. The van der Waals surface area contributed by atoms with Crippen LogP contribution in [0.25, 0.3) is 0 Å². The summed E-state index contributed by atoms with van der Waals surface area (Å²) in [5.74, 6) is -0.908. The molecule has 4 nitrogen and oxygen atoms in total. The molecule has 0 aromatic heterocycles. The average molecular weight is 158 g/mol. The van der Waals surface area contributed by atoms with Crippen molar-refractivity contribution in [3.63, 3.8) is 0 Å². The molecule has 0 saturated heterocycles. The van der Waals surface area contributed by atoms with Gasteiger partial charge in [-0.3, -0.25) is 4.79 Å². The minimum Gasteiger partial charge on any atom is -0.501 e. The normalized spacial score (nSPS) is 11.6. The first-order valence-corrected chi connectivity index (χ1v) is 3.53. The van der Waals surface area contributed by atoms with Gasteiger partial charge in [0.1, 0.15) is 6.07 Å². The van der Waals surface area contributed by atoms with Gasteiger partial charge in [-0.1, -0.05) is 11.8 Å². The third-order valence-corrected chi connectivity index (χ3v) is 1.36. The number of nitriles is 1. The van der Waals surface area contributed by atoms with Crippen LogP contribution in [0.2, 0.25) is 0 Å². The molecule has 0 rings (SSSR count). The van der Waals surface area contributed by atoms with E-state index in [9.17, 15) is 4.79 Å². The Bertz CT molecular complexity index is 216. The fourth-order valence-corrected chi connectivity index (χ4v) is 0.661. The number of primary amides is 1. The van der Waals surface area contributed by atoms with Crippen molar-refractivity contribution in [2.45, 2.75) is 0 Å². The summed E-state index contributed by atoms with van der Waals surface area (Å²) in [5.41, 5.74) is 4.34. The number of nitrogens with two attached hydrogens (primary N) is 1. The SMILES string of the molecule is CSC(O)=C(C#N)C(N)=O. The summed E-state index contributed by atoms with van der Waals surface area (Å²) in [6.45, 7) is 0. The molecule has 0 saturated carbocycles. The van der Waals surface area contributed by atoms with E-state index in [1.54, 1.807) is 0 Å². The van der Waals surface area contributed by atoms with Crippen molar-refractivity contribution in [1.29, 1.82) is 5.26 Å². The maximum Gasteiger partial charge on any atom is 0.263 e. The van der Waals surface area contributed by atoms with Crippen LogP contribution >= 0.6 is 11.8 Å². The highest BCUT2D eigenvalue weighted by atomic mass is 32.2. The summed E-state index contributed by atoms with van der Waals surface area (Å²) in [6, 6.07) is 1.49. The number of carbonyl (C=O) groups excluding carboxylic acids is 1. The lowest BCUT2D eigenvalue weighted by Gasteiger charge is -1.93. The van der Waals surface area contributed by atoms with Gasteiger partial charge >= 0.3 is 0 Å². The van der Waals surface area contributed by atoms with E-state index in [0.29, 0.717) is 0 Å². The molecule has 0 fully saturated rings. The van der Waals surface area contributed by atoms with Gasteiger partial charge < -0.3 is 10.8 Å². The zero-order chi connectivity index (χ0) is 8.15. The Morgan fingerprint density at radius 3 is 2.40 bits per heavy atom. The molecule has 0 aromatic carbocycles. The summed E-state index contributed by atoms with van der Waals surface area (Å²) in [4.78, 5) is 10.3. The zero-order valence-electron chi connectivity index (χ0n) is 5.29. The van der Waals surface area contributed by atoms with Gasteiger partial charge in [-0.15, -0.1) is 0 Å². The Labute approximate surface area is 62.3 Å². The molecule has 0 bridgehead atoms. The van der Waals surface area contributed by atoms with Gasteiger partial charge in [-0.05, 0) is 6.26 Å². The van der Waals surface area contributed by atoms with Gasteiger partial charge in [0, 0.05) is 0 Å². The summed E-state index contributed by atoms with van der Waals surface area (Å²) in [6.07, 6.45) is 1.54. The lowest BCUT2D eigenvalue weighted by atomic mass is 10.3. The van der Waals surface area contributed by atoms with Crippen molar-refractivity contribution in [3.8, 4) is 6.07 Å². The van der Waals surface area contributed by atoms with E-state index in [4.69, 9.17) is 16.1 Å². The third kappa shape index (κ3) is 1.99. The van der Waals surface area contributed by atoms with Crippen LogP contribution in [0.5, 0.6) is 0 Å². The van der Waals surface area contributed by atoms with Crippen LogP contribution in [-0.4, -0.2) is 17.3 Å². The predicted molar refractivity (Wildman–Crippen MR) is 38.0 cm³/mol. The van der Waals surface area contributed by atoms with Gasteiger partial charge in [0.15, 0.2) is 10.7 Å². The number of hydrogen-bond donors (Lipinski definition) is 2. The topological polar surface area (TPSA) is 87.1 Å². The minimum atomic E-state index is -0.908. The summed E-state index contributed by atoms with van der Waals surface area (Å²) in [7, 11) is 0. The third-order valence-electron chi connectivity index (χ3n) is 0.765. The first-order chi connectivity index (χ1) is 4.63. The van der Waals surface area contributed by atoms with E-state index in [0.717, 1.165) is 11.8 Å². The Balaban J connectivity index is 4.68. The molecule has 0 unspecified atom stereocenters. The largest absolute Gasteiger partial charge is 0.501 e. The van der Waals surface area contributed by atoms with Crippen LogP contribution in [0.3, 0.4) is 0 Å². The van der Waals surface area contributed by atoms with Crippen molar-refractivity contribution >= 4 is 17.7 Å². The van der Waals surface area contributed by atoms with Crippen molar-refractivity contribution in [3.05, 3.63) is 10.7 Å². The molecule has 0 atom stereocenters. The van der Waals surface area contributed by atoms with Gasteiger partial charge in [-0.2, -0.15) is 5.26 Å². The number of hydrogen-bond acceptors (Lipinski definition) is 4. The van der Waals surface area contributed by atoms with Gasteiger partial charge in [0.05, 0.1) is 0 Å². The van der Waals surface area contributed by atoms with Gasteiger partial charge in [-0.25, -0.2) is 0 Å². The van der Waals surface area contributed by atoms with Crippen LogP contribution < -0.4 is 5.73 Å². The summed E-state index contributed by atoms with van der Waals surface area (Å²) >= 11 is 0.898.